The van der Waals surface area contributed by atoms with Crippen molar-refractivity contribution in [3.05, 3.63) is 64.4 Å². The molecule has 2 amide bonds. The van der Waals surface area contributed by atoms with Crippen LogP contribution in [0.4, 0.5) is 5.69 Å². The number of aryl methyl sites for hydroxylation is 2. The van der Waals surface area contributed by atoms with Gasteiger partial charge >= 0.3 is 0 Å². The summed E-state index contributed by atoms with van der Waals surface area (Å²) in [5.74, 6) is 0.934. The molecule has 180 valence electrons. The van der Waals surface area contributed by atoms with E-state index in [1.54, 1.807) is 30.7 Å². The summed E-state index contributed by atoms with van der Waals surface area (Å²) < 4.78 is 7.46. The van der Waals surface area contributed by atoms with Gasteiger partial charge in [-0.2, -0.15) is 0 Å². The summed E-state index contributed by atoms with van der Waals surface area (Å²) in [6, 6.07) is 13.0. The third kappa shape index (κ3) is 6.98. The second-order valence-electron chi connectivity index (χ2n) is 7.73. The fourth-order valence-corrected chi connectivity index (χ4v) is 3.90. The van der Waals surface area contributed by atoms with E-state index in [2.05, 4.69) is 27.8 Å². The Kier molecular flexibility index (Phi) is 8.95. The number of nitrogens with zero attached hydrogens (tertiary/aromatic N) is 3. The van der Waals surface area contributed by atoms with Crippen molar-refractivity contribution in [2.24, 2.45) is 7.05 Å². The van der Waals surface area contributed by atoms with Gasteiger partial charge in [-0.3, -0.25) is 9.59 Å². The second kappa shape index (κ2) is 11.9. The van der Waals surface area contributed by atoms with Crippen molar-refractivity contribution in [3.8, 4) is 5.75 Å². The SMILES string of the molecule is CCc1ccc(O[C@@H](C)C(=O)NCc2nnc(SCC(=O)Nc3ccc(C)c(Cl)c3)n2C)cc1. The average Bonchev–Trinajstić information content (AvgIpc) is 3.18. The normalized spacial score (nSPS) is 11.7. The molecule has 0 unspecified atom stereocenters. The lowest BCUT2D eigenvalue weighted by Crippen LogP contribution is -2.36. The molecule has 1 aromatic heterocycles. The minimum atomic E-state index is -0.659. The summed E-state index contributed by atoms with van der Waals surface area (Å²) in [7, 11) is 1.79. The maximum Gasteiger partial charge on any atom is 0.261 e. The zero-order valence-corrected chi connectivity index (χ0v) is 21.2. The lowest BCUT2D eigenvalue weighted by Gasteiger charge is -2.15. The summed E-state index contributed by atoms with van der Waals surface area (Å²) in [5, 5.41) is 15.0. The van der Waals surface area contributed by atoms with Crippen molar-refractivity contribution in [3.63, 3.8) is 0 Å². The number of hydrogen-bond acceptors (Lipinski definition) is 6. The molecule has 2 N–H and O–H groups in total. The third-order valence-corrected chi connectivity index (χ3v) is 6.57. The summed E-state index contributed by atoms with van der Waals surface area (Å²) in [6.45, 7) is 5.87. The third-order valence-electron chi connectivity index (χ3n) is 5.15. The highest BCUT2D eigenvalue weighted by molar-refractivity contribution is 7.99. The summed E-state index contributed by atoms with van der Waals surface area (Å²) in [6.07, 6.45) is 0.286. The molecule has 0 fully saturated rings. The first-order chi connectivity index (χ1) is 16.3. The maximum atomic E-state index is 12.4. The number of halogens is 1. The first kappa shape index (κ1) is 25.6. The van der Waals surface area contributed by atoms with Gasteiger partial charge in [0.05, 0.1) is 12.3 Å². The van der Waals surface area contributed by atoms with Gasteiger partial charge < -0.3 is 19.9 Å². The van der Waals surface area contributed by atoms with Gasteiger partial charge in [0, 0.05) is 17.8 Å². The number of carbonyl (C=O) groups is 2. The van der Waals surface area contributed by atoms with Crippen molar-refractivity contribution in [1.29, 1.82) is 0 Å². The molecule has 34 heavy (non-hydrogen) atoms. The number of ether oxygens (including phenoxy) is 1. The van der Waals surface area contributed by atoms with E-state index < -0.39 is 6.10 Å². The number of thioether (sulfide) groups is 1. The van der Waals surface area contributed by atoms with Crippen LogP contribution >= 0.6 is 23.4 Å². The molecule has 10 heteroatoms. The molecule has 0 saturated heterocycles. The number of aromatic nitrogens is 3. The predicted molar refractivity (Wildman–Crippen MR) is 134 cm³/mol. The maximum absolute atomic E-state index is 12.4. The summed E-state index contributed by atoms with van der Waals surface area (Å²) in [4.78, 5) is 24.7. The van der Waals surface area contributed by atoms with Gasteiger partial charge in [0.15, 0.2) is 17.1 Å². The lowest BCUT2D eigenvalue weighted by atomic mass is 10.2. The van der Waals surface area contributed by atoms with Crippen LogP contribution in [0.15, 0.2) is 47.6 Å². The molecule has 3 aromatic rings. The Hall–Kier alpha value is -3.04. The van der Waals surface area contributed by atoms with Crippen LogP contribution in [-0.4, -0.2) is 38.4 Å². The van der Waals surface area contributed by atoms with E-state index in [4.69, 9.17) is 16.3 Å². The van der Waals surface area contributed by atoms with Crippen LogP contribution in [-0.2, 0) is 29.6 Å². The van der Waals surface area contributed by atoms with E-state index in [9.17, 15) is 9.59 Å². The molecule has 0 radical (unpaired) electrons. The van der Waals surface area contributed by atoms with E-state index in [1.807, 2.05) is 37.3 Å². The smallest absolute Gasteiger partial charge is 0.261 e. The molecule has 8 nitrogen and oxygen atoms in total. The van der Waals surface area contributed by atoms with Crippen LogP contribution in [0.5, 0.6) is 5.75 Å². The number of nitrogens with one attached hydrogen (secondary N) is 2. The highest BCUT2D eigenvalue weighted by atomic mass is 35.5. The lowest BCUT2D eigenvalue weighted by molar-refractivity contribution is -0.127. The van der Waals surface area contributed by atoms with Crippen molar-refractivity contribution in [2.75, 3.05) is 11.1 Å². The van der Waals surface area contributed by atoms with Gasteiger partial charge in [0.25, 0.3) is 5.91 Å². The van der Waals surface area contributed by atoms with Gasteiger partial charge in [-0.1, -0.05) is 48.5 Å². The zero-order valence-electron chi connectivity index (χ0n) is 19.6. The number of rotatable bonds is 10. The average molecular weight is 502 g/mol. The number of carbonyl (C=O) groups excluding carboxylic acids is 2. The molecule has 0 aliphatic rings. The Morgan fingerprint density at radius 2 is 1.91 bits per heavy atom. The standard InChI is InChI=1S/C24H28ClN5O3S/c1-5-17-7-10-19(11-8-17)33-16(3)23(32)26-13-21-28-29-24(30(21)4)34-14-22(31)27-18-9-6-15(2)20(25)12-18/h6-12,16H,5,13-14H2,1-4H3,(H,26,32)(H,27,31)/t16-/m0/s1. The topological polar surface area (TPSA) is 98.1 Å². The van der Waals surface area contributed by atoms with Crippen LogP contribution in [0.3, 0.4) is 0 Å². The second-order valence-corrected chi connectivity index (χ2v) is 9.08. The minimum Gasteiger partial charge on any atom is -0.481 e. The van der Waals surface area contributed by atoms with Crippen LogP contribution in [0, 0.1) is 6.92 Å². The molecule has 1 heterocycles. The molecule has 0 bridgehead atoms. The molecular formula is C24H28ClN5O3S. The fourth-order valence-electron chi connectivity index (χ4n) is 2.99. The minimum absolute atomic E-state index is 0.158. The van der Waals surface area contributed by atoms with Gasteiger partial charge in [0.1, 0.15) is 5.75 Å². The van der Waals surface area contributed by atoms with Crippen LogP contribution in [0.2, 0.25) is 5.02 Å². The molecular weight excluding hydrogens is 474 g/mol. The monoisotopic (exact) mass is 501 g/mol. The Bertz CT molecular complexity index is 1150. The Labute approximate surface area is 208 Å². The van der Waals surface area contributed by atoms with Gasteiger partial charge in [-0.25, -0.2) is 0 Å². The highest BCUT2D eigenvalue weighted by Crippen LogP contribution is 2.21. The summed E-state index contributed by atoms with van der Waals surface area (Å²) >= 11 is 7.36. The van der Waals surface area contributed by atoms with E-state index in [0.29, 0.717) is 27.4 Å². The van der Waals surface area contributed by atoms with Crippen molar-refractivity contribution in [1.82, 2.24) is 20.1 Å². The molecule has 0 saturated carbocycles. The van der Waals surface area contributed by atoms with Crippen molar-refractivity contribution < 1.29 is 14.3 Å². The highest BCUT2D eigenvalue weighted by Gasteiger charge is 2.17. The first-order valence-corrected chi connectivity index (χ1v) is 12.2. The van der Waals surface area contributed by atoms with Crippen molar-refractivity contribution in [2.45, 2.75) is 45.0 Å². The molecule has 0 aliphatic carbocycles. The Morgan fingerprint density at radius 1 is 1.18 bits per heavy atom. The first-order valence-electron chi connectivity index (χ1n) is 10.9. The molecule has 1 atom stereocenters. The van der Waals surface area contributed by atoms with Gasteiger partial charge in [-0.15, -0.1) is 10.2 Å². The molecule has 3 rings (SSSR count). The summed E-state index contributed by atoms with van der Waals surface area (Å²) in [5.41, 5.74) is 2.79. The number of anilines is 1. The molecule has 0 aliphatic heterocycles. The quantitative estimate of drug-likeness (QED) is 0.405. The Morgan fingerprint density at radius 3 is 2.59 bits per heavy atom. The van der Waals surface area contributed by atoms with E-state index in [1.165, 1.54) is 17.3 Å². The van der Waals surface area contributed by atoms with Gasteiger partial charge in [0.2, 0.25) is 5.91 Å². The molecule has 0 spiro atoms. The Balaban J connectivity index is 1.47. The largest absolute Gasteiger partial charge is 0.481 e. The fraction of sp³-hybridized carbons (Fsp3) is 0.333. The predicted octanol–water partition coefficient (Wildman–Crippen LogP) is 4.15. The van der Waals surface area contributed by atoms with E-state index >= 15 is 0 Å². The van der Waals surface area contributed by atoms with Crippen molar-refractivity contribution >= 4 is 40.9 Å². The number of benzene rings is 2. The zero-order chi connectivity index (χ0) is 24.7. The van der Waals surface area contributed by atoms with E-state index in [0.717, 1.165) is 12.0 Å². The van der Waals surface area contributed by atoms with Crippen LogP contribution in [0.1, 0.15) is 30.8 Å². The van der Waals surface area contributed by atoms with Crippen LogP contribution in [0.25, 0.3) is 0 Å². The van der Waals surface area contributed by atoms with Gasteiger partial charge in [-0.05, 0) is 55.7 Å². The number of amides is 2. The van der Waals surface area contributed by atoms with E-state index in [-0.39, 0.29) is 24.1 Å². The molecule has 2 aromatic carbocycles. The van der Waals surface area contributed by atoms with Crippen LogP contribution < -0.4 is 15.4 Å². The number of hydrogen-bond donors (Lipinski definition) is 2.